The molecule has 2 aliphatic rings. The lowest BCUT2D eigenvalue weighted by atomic mass is 9.94. The monoisotopic (exact) mass is 412 g/mol. The van der Waals surface area contributed by atoms with E-state index in [1.807, 2.05) is 29.2 Å². The predicted octanol–water partition coefficient (Wildman–Crippen LogP) is 3.25. The molecule has 0 saturated carbocycles. The first-order valence-corrected chi connectivity index (χ1v) is 11.1. The second-order valence-corrected chi connectivity index (χ2v) is 8.05. The minimum atomic E-state index is -0.256. The SMILES string of the molecule is CCCCOC(=O)N1CCCN(C(=O)C2CCN(c3ccc(C#N)cc3)CC2)CC1. The maximum atomic E-state index is 13.1. The van der Waals surface area contributed by atoms with Gasteiger partial charge in [-0.1, -0.05) is 13.3 Å². The third-order valence-electron chi connectivity index (χ3n) is 5.99. The summed E-state index contributed by atoms with van der Waals surface area (Å²) in [5.74, 6) is 0.262. The molecule has 1 aromatic carbocycles. The normalized spacial score (nSPS) is 17.9. The third-order valence-corrected chi connectivity index (χ3v) is 5.99. The van der Waals surface area contributed by atoms with Crippen molar-refractivity contribution in [2.45, 2.75) is 39.0 Å². The number of anilines is 1. The van der Waals surface area contributed by atoms with Crippen LogP contribution in [-0.2, 0) is 9.53 Å². The van der Waals surface area contributed by atoms with Gasteiger partial charge in [-0.05, 0) is 49.9 Å². The zero-order valence-electron chi connectivity index (χ0n) is 17.9. The highest BCUT2D eigenvalue weighted by molar-refractivity contribution is 5.79. The summed E-state index contributed by atoms with van der Waals surface area (Å²) in [6, 6.07) is 9.77. The van der Waals surface area contributed by atoms with Crippen LogP contribution < -0.4 is 4.90 Å². The van der Waals surface area contributed by atoms with Crippen molar-refractivity contribution >= 4 is 17.7 Å². The van der Waals surface area contributed by atoms with E-state index in [4.69, 9.17) is 10.00 Å². The Morgan fingerprint density at radius 2 is 1.70 bits per heavy atom. The van der Waals surface area contributed by atoms with Crippen LogP contribution in [0.4, 0.5) is 10.5 Å². The lowest BCUT2D eigenvalue weighted by molar-refractivity contribution is -0.136. The minimum absolute atomic E-state index is 0.0442. The fourth-order valence-electron chi connectivity index (χ4n) is 4.11. The van der Waals surface area contributed by atoms with Gasteiger partial charge in [0.2, 0.25) is 5.91 Å². The molecule has 2 fully saturated rings. The van der Waals surface area contributed by atoms with Gasteiger partial charge in [-0.25, -0.2) is 4.79 Å². The van der Waals surface area contributed by atoms with E-state index >= 15 is 0 Å². The first kappa shape index (κ1) is 21.9. The molecule has 1 aromatic rings. The largest absolute Gasteiger partial charge is 0.449 e. The van der Waals surface area contributed by atoms with Gasteiger partial charge >= 0.3 is 6.09 Å². The van der Waals surface area contributed by atoms with Crippen LogP contribution in [0.3, 0.4) is 0 Å². The van der Waals surface area contributed by atoms with Gasteiger partial charge in [-0.3, -0.25) is 4.79 Å². The van der Waals surface area contributed by atoms with Crippen molar-refractivity contribution in [1.29, 1.82) is 5.26 Å². The third kappa shape index (κ3) is 5.65. The summed E-state index contributed by atoms with van der Waals surface area (Å²) < 4.78 is 5.32. The van der Waals surface area contributed by atoms with E-state index < -0.39 is 0 Å². The van der Waals surface area contributed by atoms with Crippen LogP contribution in [0.2, 0.25) is 0 Å². The lowest BCUT2D eigenvalue weighted by Crippen LogP contribution is -2.44. The van der Waals surface area contributed by atoms with Crippen molar-refractivity contribution in [3.63, 3.8) is 0 Å². The van der Waals surface area contributed by atoms with E-state index in [-0.39, 0.29) is 17.9 Å². The highest BCUT2D eigenvalue weighted by atomic mass is 16.6. The zero-order chi connectivity index (χ0) is 21.3. The Morgan fingerprint density at radius 3 is 2.37 bits per heavy atom. The van der Waals surface area contributed by atoms with Gasteiger partial charge in [-0.2, -0.15) is 5.26 Å². The number of benzene rings is 1. The number of carbonyl (C=O) groups is 2. The average Bonchev–Trinajstić information content (AvgIpc) is 3.05. The van der Waals surface area contributed by atoms with Crippen molar-refractivity contribution in [1.82, 2.24) is 9.80 Å². The van der Waals surface area contributed by atoms with Crippen LogP contribution in [-0.4, -0.2) is 67.7 Å². The van der Waals surface area contributed by atoms with Gasteiger partial charge in [0.05, 0.1) is 18.2 Å². The van der Waals surface area contributed by atoms with E-state index in [1.165, 1.54) is 0 Å². The number of rotatable bonds is 5. The molecule has 162 valence electrons. The zero-order valence-corrected chi connectivity index (χ0v) is 17.9. The molecule has 3 rings (SSSR count). The molecule has 2 saturated heterocycles. The summed E-state index contributed by atoms with van der Waals surface area (Å²) in [7, 11) is 0. The van der Waals surface area contributed by atoms with Crippen molar-refractivity contribution < 1.29 is 14.3 Å². The van der Waals surface area contributed by atoms with Gasteiger partial charge in [0.15, 0.2) is 0 Å². The number of unbranched alkanes of at least 4 members (excludes halogenated alkanes) is 1. The quantitative estimate of drug-likeness (QED) is 0.694. The predicted molar refractivity (Wildman–Crippen MR) is 115 cm³/mol. The summed E-state index contributed by atoms with van der Waals surface area (Å²) in [6.07, 6.45) is 4.08. The first-order chi connectivity index (χ1) is 14.6. The molecular formula is C23H32N4O3. The molecule has 0 aromatic heterocycles. The van der Waals surface area contributed by atoms with E-state index in [2.05, 4.69) is 17.9 Å². The smallest absolute Gasteiger partial charge is 0.409 e. The molecule has 0 unspecified atom stereocenters. The van der Waals surface area contributed by atoms with Crippen LogP contribution in [0.5, 0.6) is 0 Å². The summed E-state index contributed by atoms with van der Waals surface area (Å²) in [5, 5.41) is 8.94. The molecule has 0 spiro atoms. The summed E-state index contributed by atoms with van der Waals surface area (Å²) in [4.78, 5) is 31.2. The molecule has 2 aliphatic heterocycles. The number of carbonyl (C=O) groups excluding carboxylic acids is 2. The minimum Gasteiger partial charge on any atom is -0.449 e. The van der Waals surface area contributed by atoms with Crippen LogP contribution in [0.15, 0.2) is 24.3 Å². The molecule has 7 heteroatoms. The van der Waals surface area contributed by atoms with Gasteiger partial charge < -0.3 is 19.4 Å². The highest BCUT2D eigenvalue weighted by Crippen LogP contribution is 2.25. The topological polar surface area (TPSA) is 76.9 Å². The molecule has 0 bridgehead atoms. The van der Waals surface area contributed by atoms with Gasteiger partial charge in [-0.15, -0.1) is 0 Å². The van der Waals surface area contributed by atoms with Gasteiger partial charge in [0, 0.05) is 50.9 Å². The Balaban J connectivity index is 1.46. The number of nitriles is 1. The molecule has 0 radical (unpaired) electrons. The number of hydrogen-bond acceptors (Lipinski definition) is 5. The second kappa shape index (κ2) is 10.9. The van der Waals surface area contributed by atoms with Crippen molar-refractivity contribution in [2.75, 3.05) is 50.8 Å². The van der Waals surface area contributed by atoms with Crippen molar-refractivity contribution in [3.05, 3.63) is 29.8 Å². The molecule has 2 amide bonds. The van der Waals surface area contributed by atoms with Crippen LogP contribution in [0, 0.1) is 17.2 Å². The van der Waals surface area contributed by atoms with Crippen LogP contribution >= 0.6 is 0 Å². The second-order valence-electron chi connectivity index (χ2n) is 8.05. The molecule has 0 N–H and O–H groups in total. The van der Waals surface area contributed by atoms with Crippen LogP contribution in [0.25, 0.3) is 0 Å². The number of ether oxygens (including phenoxy) is 1. The Kier molecular flexibility index (Phi) is 7.95. The molecule has 7 nitrogen and oxygen atoms in total. The Bertz CT molecular complexity index is 751. The Morgan fingerprint density at radius 1 is 1.03 bits per heavy atom. The number of nitrogens with zero attached hydrogens (tertiary/aromatic N) is 4. The van der Waals surface area contributed by atoms with Crippen molar-refractivity contribution in [3.8, 4) is 6.07 Å². The maximum absolute atomic E-state index is 13.1. The number of piperidine rings is 1. The Labute approximate surface area is 179 Å². The van der Waals surface area contributed by atoms with Gasteiger partial charge in [0.25, 0.3) is 0 Å². The van der Waals surface area contributed by atoms with Crippen molar-refractivity contribution in [2.24, 2.45) is 5.92 Å². The van der Waals surface area contributed by atoms with E-state index in [1.54, 1.807) is 4.90 Å². The Hall–Kier alpha value is -2.75. The summed E-state index contributed by atoms with van der Waals surface area (Å²) in [5.41, 5.74) is 1.76. The van der Waals surface area contributed by atoms with Gasteiger partial charge in [0.1, 0.15) is 0 Å². The molecule has 0 aliphatic carbocycles. The van der Waals surface area contributed by atoms with E-state index in [0.29, 0.717) is 38.3 Å². The molecule has 30 heavy (non-hydrogen) atoms. The number of hydrogen-bond donors (Lipinski definition) is 0. The van der Waals surface area contributed by atoms with E-state index in [0.717, 1.165) is 50.9 Å². The fourth-order valence-corrected chi connectivity index (χ4v) is 4.11. The maximum Gasteiger partial charge on any atom is 0.409 e. The number of amides is 2. The average molecular weight is 413 g/mol. The highest BCUT2D eigenvalue weighted by Gasteiger charge is 2.30. The summed E-state index contributed by atoms with van der Waals surface area (Å²) in [6.45, 7) is 6.68. The fraction of sp³-hybridized carbons (Fsp3) is 0.609. The molecule has 2 heterocycles. The van der Waals surface area contributed by atoms with Crippen LogP contribution in [0.1, 0.15) is 44.6 Å². The van der Waals surface area contributed by atoms with E-state index in [9.17, 15) is 9.59 Å². The lowest BCUT2D eigenvalue weighted by Gasteiger charge is -2.35. The summed E-state index contributed by atoms with van der Waals surface area (Å²) >= 11 is 0. The molecular weight excluding hydrogens is 380 g/mol. The first-order valence-electron chi connectivity index (χ1n) is 11.1. The standard InChI is InChI=1S/C23H32N4O3/c1-2-3-17-30-23(29)27-12-4-11-26(15-16-27)22(28)20-9-13-25(14-10-20)21-7-5-19(18-24)6-8-21/h5-8,20H,2-4,9-17H2,1H3. The molecule has 0 atom stereocenters.